The standard InChI is InChI=1S/C10H18BrNO3/c1-7(8(12)13)5-4-6-15-9(14)10(2,3)11/h7H,4-6H2,1-3H3,(H2,12,13). The Morgan fingerprint density at radius 2 is 2.00 bits per heavy atom. The second-order valence-corrected chi connectivity index (χ2v) is 6.04. The zero-order valence-electron chi connectivity index (χ0n) is 9.38. The van der Waals surface area contributed by atoms with Gasteiger partial charge in [-0.25, -0.2) is 0 Å². The predicted octanol–water partition coefficient (Wildman–Crippen LogP) is 1.60. The van der Waals surface area contributed by atoms with Crippen molar-refractivity contribution in [3.8, 4) is 0 Å². The van der Waals surface area contributed by atoms with Crippen LogP contribution in [-0.4, -0.2) is 22.8 Å². The minimum atomic E-state index is -0.650. The van der Waals surface area contributed by atoms with Crippen molar-refractivity contribution in [2.75, 3.05) is 6.61 Å². The largest absolute Gasteiger partial charge is 0.465 e. The van der Waals surface area contributed by atoms with Gasteiger partial charge in [0.05, 0.1) is 6.61 Å². The van der Waals surface area contributed by atoms with Gasteiger partial charge in [-0.05, 0) is 26.7 Å². The van der Waals surface area contributed by atoms with Gasteiger partial charge in [-0.2, -0.15) is 0 Å². The van der Waals surface area contributed by atoms with Gasteiger partial charge in [0.1, 0.15) is 4.32 Å². The lowest BCUT2D eigenvalue weighted by molar-refractivity contribution is -0.145. The first kappa shape index (κ1) is 14.4. The fourth-order valence-corrected chi connectivity index (χ4v) is 0.983. The number of carbonyl (C=O) groups excluding carboxylic acids is 2. The number of carbonyl (C=O) groups is 2. The molecule has 0 spiro atoms. The van der Waals surface area contributed by atoms with Crippen LogP contribution in [0.3, 0.4) is 0 Å². The molecule has 88 valence electrons. The Labute approximate surface area is 98.7 Å². The fourth-order valence-electron chi connectivity index (χ4n) is 0.868. The van der Waals surface area contributed by atoms with E-state index in [1.165, 1.54) is 0 Å². The van der Waals surface area contributed by atoms with E-state index in [9.17, 15) is 9.59 Å². The van der Waals surface area contributed by atoms with Crippen LogP contribution >= 0.6 is 15.9 Å². The van der Waals surface area contributed by atoms with Crippen molar-refractivity contribution in [3.05, 3.63) is 0 Å². The summed E-state index contributed by atoms with van der Waals surface area (Å²) in [4.78, 5) is 22.0. The number of amides is 1. The highest BCUT2D eigenvalue weighted by atomic mass is 79.9. The molecule has 0 saturated carbocycles. The number of ether oxygens (including phenoxy) is 1. The van der Waals surface area contributed by atoms with E-state index in [1.54, 1.807) is 20.8 Å². The number of hydrogen-bond acceptors (Lipinski definition) is 3. The number of halogens is 1. The molecule has 0 bridgehead atoms. The van der Waals surface area contributed by atoms with Crippen molar-refractivity contribution in [2.24, 2.45) is 11.7 Å². The third-order valence-electron chi connectivity index (χ3n) is 1.99. The van der Waals surface area contributed by atoms with Crippen LogP contribution in [0.5, 0.6) is 0 Å². The molecular formula is C10H18BrNO3. The molecule has 5 heteroatoms. The third-order valence-corrected chi connectivity index (χ3v) is 2.31. The van der Waals surface area contributed by atoms with Crippen LogP contribution in [0, 0.1) is 5.92 Å². The van der Waals surface area contributed by atoms with Crippen LogP contribution in [0.1, 0.15) is 33.6 Å². The van der Waals surface area contributed by atoms with Gasteiger partial charge >= 0.3 is 5.97 Å². The molecule has 1 unspecified atom stereocenters. The number of hydrogen-bond donors (Lipinski definition) is 1. The van der Waals surface area contributed by atoms with Crippen LogP contribution in [0.25, 0.3) is 0 Å². The molecule has 0 saturated heterocycles. The maximum absolute atomic E-state index is 11.3. The summed E-state index contributed by atoms with van der Waals surface area (Å²) >= 11 is 3.20. The van der Waals surface area contributed by atoms with E-state index in [0.29, 0.717) is 19.4 Å². The highest BCUT2D eigenvalue weighted by Gasteiger charge is 2.25. The van der Waals surface area contributed by atoms with Gasteiger partial charge in [0.2, 0.25) is 5.91 Å². The molecule has 0 heterocycles. The molecule has 0 aromatic rings. The minimum absolute atomic E-state index is 0.166. The highest BCUT2D eigenvalue weighted by molar-refractivity contribution is 9.10. The monoisotopic (exact) mass is 279 g/mol. The van der Waals surface area contributed by atoms with Gasteiger partial charge in [-0.15, -0.1) is 0 Å². The summed E-state index contributed by atoms with van der Waals surface area (Å²) in [6.45, 7) is 5.53. The van der Waals surface area contributed by atoms with E-state index < -0.39 is 4.32 Å². The number of alkyl halides is 1. The van der Waals surface area contributed by atoms with Crippen LogP contribution in [-0.2, 0) is 14.3 Å². The average molecular weight is 280 g/mol. The molecule has 0 rings (SSSR count). The summed E-state index contributed by atoms with van der Waals surface area (Å²) in [5, 5.41) is 0. The van der Waals surface area contributed by atoms with E-state index in [4.69, 9.17) is 10.5 Å². The summed E-state index contributed by atoms with van der Waals surface area (Å²) in [5.41, 5.74) is 5.09. The van der Waals surface area contributed by atoms with Crippen molar-refractivity contribution in [1.29, 1.82) is 0 Å². The highest BCUT2D eigenvalue weighted by Crippen LogP contribution is 2.17. The van der Waals surface area contributed by atoms with E-state index >= 15 is 0 Å². The lowest BCUT2D eigenvalue weighted by Crippen LogP contribution is -2.27. The van der Waals surface area contributed by atoms with Gasteiger partial charge in [0.25, 0.3) is 0 Å². The molecule has 0 radical (unpaired) electrons. The summed E-state index contributed by atoms with van der Waals surface area (Å²) in [6, 6.07) is 0. The molecule has 15 heavy (non-hydrogen) atoms. The molecule has 2 N–H and O–H groups in total. The van der Waals surface area contributed by atoms with Crippen molar-refractivity contribution in [3.63, 3.8) is 0 Å². The van der Waals surface area contributed by atoms with E-state index in [-0.39, 0.29) is 17.8 Å². The van der Waals surface area contributed by atoms with Crippen molar-refractivity contribution < 1.29 is 14.3 Å². The van der Waals surface area contributed by atoms with Crippen LogP contribution in [0.4, 0.5) is 0 Å². The normalized spacial score (nSPS) is 13.3. The van der Waals surface area contributed by atoms with Crippen LogP contribution in [0.2, 0.25) is 0 Å². The molecular weight excluding hydrogens is 262 g/mol. The number of esters is 1. The summed E-state index contributed by atoms with van der Waals surface area (Å²) in [5.74, 6) is -0.781. The Balaban J connectivity index is 3.64. The molecule has 0 aliphatic heterocycles. The van der Waals surface area contributed by atoms with E-state index in [1.807, 2.05) is 0 Å². The van der Waals surface area contributed by atoms with Crippen molar-refractivity contribution in [1.82, 2.24) is 0 Å². The Hall–Kier alpha value is -0.580. The van der Waals surface area contributed by atoms with Crippen molar-refractivity contribution in [2.45, 2.75) is 37.9 Å². The maximum Gasteiger partial charge on any atom is 0.322 e. The SMILES string of the molecule is CC(CCCOC(=O)C(C)(C)Br)C(N)=O. The molecule has 0 aliphatic carbocycles. The zero-order chi connectivity index (χ0) is 12.1. The first-order valence-corrected chi connectivity index (χ1v) is 5.70. The third kappa shape index (κ3) is 6.49. The molecule has 1 atom stereocenters. The van der Waals surface area contributed by atoms with E-state index in [0.717, 1.165) is 0 Å². The Kier molecular flexibility index (Phi) is 5.87. The molecule has 4 nitrogen and oxygen atoms in total. The Bertz CT molecular complexity index is 235. The lowest BCUT2D eigenvalue weighted by Gasteiger charge is -2.15. The topological polar surface area (TPSA) is 69.4 Å². The summed E-state index contributed by atoms with van der Waals surface area (Å²) < 4.78 is 4.35. The Morgan fingerprint density at radius 3 is 2.40 bits per heavy atom. The van der Waals surface area contributed by atoms with Gasteiger partial charge in [-0.1, -0.05) is 22.9 Å². The van der Waals surface area contributed by atoms with Gasteiger partial charge in [0.15, 0.2) is 0 Å². The number of rotatable bonds is 6. The smallest absolute Gasteiger partial charge is 0.322 e. The Morgan fingerprint density at radius 1 is 1.47 bits per heavy atom. The molecule has 0 aliphatic rings. The average Bonchev–Trinajstić information content (AvgIpc) is 2.09. The molecule has 0 fully saturated rings. The summed E-state index contributed by atoms with van der Waals surface area (Å²) in [6.07, 6.45) is 1.30. The number of primary amides is 1. The van der Waals surface area contributed by atoms with Crippen LogP contribution in [0.15, 0.2) is 0 Å². The van der Waals surface area contributed by atoms with Gasteiger partial charge in [-0.3, -0.25) is 9.59 Å². The van der Waals surface area contributed by atoms with E-state index in [2.05, 4.69) is 15.9 Å². The fraction of sp³-hybridized carbons (Fsp3) is 0.800. The van der Waals surface area contributed by atoms with Gasteiger partial charge in [0, 0.05) is 5.92 Å². The zero-order valence-corrected chi connectivity index (χ0v) is 11.0. The van der Waals surface area contributed by atoms with Crippen molar-refractivity contribution >= 4 is 27.8 Å². The minimum Gasteiger partial charge on any atom is -0.465 e. The first-order chi connectivity index (χ1) is 6.75. The number of nitrogens with two attached hydrogens (primary N) is 1. The molecule has 0 aromatic heterocycles. The summed E-state index contributed by atoms with van der Waals surface area (Å²) in [7, 11) is 0. The predicted molar refractivity (Wildman–Crippen MR) is 61.6 cm³/mol. The van der Waals surface area contributed by atoms with Gasteiger partial charge < -0.3 is 10.5 Å². The molecule has 0 aromatic carbocycles. The maximum atomic E-state index is 11.3. The molecule has 1 amide bonds. The second-order valence-electron chi connectivity index (χ2n) is 4.05. The quantitative estimate of drug-likeness (QED) is 0.456. The second kappa shape index (κ2) is 6.10. The lowest BCUT2D eigenvalue weighted by atomic mass is 10.1. The first-order valence-electron chi connectivity index (χ1n) is 4.90. The van der Waals surface area contributed by atoms with Crippen LogP contribution < -0.4 is 5.73 Å².